The van der Waals surface area contributed by atoms with Crippen LogP contribution in [0.3, 0.4) is 0 Å². The lowest BCUT2D eigenvalue weighted by molar-refractivity contribution is 0.0717. The van der Waals surface area contributed by atoms with Gasteiger partial charge in [-0.25, -0.2) is 0 Å². The van der Waals surface area contributed by atoms with Crippen molar-refractivity contribution in [3.05, 3.63) is 29.3 Å². The van der Waals surface area contributed by atoms with Gasteiger partial charge in [-0.1, -0.05) is 12.8 Å². The number of carbonyl (C=O) groups excluding carboxylic acids is 1. The SMILES string of the molecule is O=C(NC1CCCCC1O)c1ccc2c(c1)CCN2. The Morgan fingerprint density at radius 3 is 3.00 bits per heavy atom. The molecule has 4 heteroatoms. The number of hydrogen-bond acceptors (Lipinski definition) is 3. The van der Waals surface area contributed by atoms with Crippen LogP contribution in [-0.4, -0.2) is 29.7 Å². The molecule has 0 radical (unpaired) electrons. The Bertz CT molecular complexity index is 487. The topological polar surface area (TPSA) is 61.4 Å². The van der Waals surface area contributed by atoms with E-state index in [1.165, 1.54) is 5.56 Å². The lowest BCUT2D eigenvalue weighted by Gasteiger charge is -2.28. The normalized spacial score (nSPS) is 25.5. The predicted molar refractivity (Wildman–Crippen MR) is 74.4 cm³/mol. The van der Waals surface area contributed by atoms with Crippen molar-refractivity contribution < 1.29 is 9.90 Å². The third-order valence-electron chi connectivity index (χ3n) is 4.12. The first-order chi connectivity index (χ1) is 9.24. The molecule has 1 saturated carbocycles. The first-order valence-electron chi connectivity index (χ1n) is 7.10. The third-order valence-corrected chi connectivity index (χ3v) is 4.12. The zero-order valence-corrected chi connectivity index (χ0v) is 11.0. The first-order valence-corrected chi connectivity index (χ1v) is 7.10. The van der Waals surface area contributed by atoms with Crippen LogP contribution in [0.2, 0.25) is 0 Å². The van der Waals surface area contributed by atoms with Gasteiger partial charge in [-0.15, -0.1) is 0 Å². The van der Waals surface area contributed by atoms with Crippen molar-refractivity contribution in [2.24, 2.45) is 0 Å². The largest absolute Gasteiger partial charge is 0.391 e. The number of nitrogens with one attached hydrogen (secondary N) is 2. The summed E-state index contributed by atoms with van der Waals surface area (Å²) in [5.74, 6) is -0.0688. The van der Waals surface area contributed by atoms with E-state index in [1.54, 1.807) is 0 Å². The van der Waals surface area contributed by atoms with Crippen LogP contribution in [0.4, 0.5) is 5.69 Å². The van der Waals surface area contributed by atoms with E-state index in [1.807, 2.05) is 18.2 Å². The highest BCUT2D eigenvalue weighted by molar-refractivity contribution is 5.95. The highest BCUT2D eigenvalue weighted by atomic mass is 16.3. The van der Waals surface area contributed by atoms with Crippen molar-refractivity contribution in [2.45, 2.75) is 44.2 Å². The molecule has 2 aliphatic rings. The molecule has 1 aromatic carbocycles. The second kappa shape index (κ2) is 5.21. The van der Waals surface area contributed by atoms with Crippen molar-refractivity contribution in [1.82, 2.24) is 5.32 Å². The quantitative estimate of drug-likeness (QED) is 0.758. The fraction of sp³-hybridized carbons (Fsp3) is 0.533. The Hall–Kier alpha value is -1.55. The monoisotopic (exact) mass is 260 g/mol. The molecule has 0 spiro atoms. The summed E-state index contributed by atoms with van der Waals surface area (Å²) >= 11 is 0. The first kappa shape index (κ1) is 12.5. The summed E-state index contributed by atoms with van der Waals surface area (Å²) < 4.78 is 0. The molecule has 3 N–H and O–H groups in total. The van der Waals surface area contributed by atoms with Gasteiger partial charge < -0.3 is 15.7 Å². The van der Waals surface area contributed by atoms with E-state index < -0.39 is 6.10 Å². The Balaban J connectivity index is 1.70. The smallest absolute Gasteiger partial charge is 0.251 e. The second-order valence-electron chi connectivity index (χ2n) is 5.48. The molecule has 1 heterocycles. The molecule has 102 valence electrons. The van der Waals surface area contributed by atoms with Gasteiger partial charge in [0.1, 0.15) is 0 Å². The van der Waals surface area contributed by atoms with Gasteiger partial charge in [0, 0.05) is 17.8 Å². The van der Waals surface area contributed by atoms with E-state index in [0.717, 1.165) is 44.3 Å². The molecule has 1 aliphatic heterocycles. The second-order valence-corrected chi connectivity index (χ2v) is 5.48. The maximum Gasteiger partial charge on any atom is 0.251 e. The molecule has 2 atom stereocenters. The van der Waals surface area contributed by atoms with Crippen LogP contribution < -0.4 is 10.6 Å². The van der Waals surface area contributed by atoms with Gasteiger partial charge in [0.15, 0.2) is 0 Å². The summed E-state index contributed by atoms with van der Waals surface area (Å²) in [6.07, 6.45) is 4.38. The van der Waals surface area contributed by atoms with Crippen LogP contribution in [0.5, 0.6) is 0 Å². The summed E-state index contributed by atoms with van der Waals surface area (Å²) in [5.41, 5.74) is 3.03. The van der Waals surface area contributed by atoms with Gasteiger partial charge in [0.25, 0.3) is 5.91 Å². The molecular weight excluding hydrogens is 240 g/mol. The molecule has 0 bridgehead atoms. The van der Waals surface area contributed by atoms with Crippen molar-refractivity contribution in [3.63, 3.8) is 0 Å². The average molecular weight is 260 g/mol. The van der Waals surface area contributed by atoms with Gasteiger partial charge in [-0.05, 0) is 43.0 Å². The average Bonchev–Trinajstić information content (AvgIpc) is 2.88. The van der Waals surface area contributed by atoms with E-state index in [9.17, 15) is 9.90 Å². The highest BCUT2D eigenvalue weighted by Gasteiger charge is 2.25. The van der Waals surface area contributed by atoms with Crippen LogP contribution in [0.25, 0.3) is 0 Å². The Morgan fingerprint density at radius 1 is 1.32 bits per heavy atom. The molecule has 1 aromatic rings. The van der Waals surface area contributed by atoms with E-state index >= 15 is 0 Å². The Kier molecular flexibility index (Phi) is 3.42. The number of hydrogen-bond donors (Lipinski definition) is 3. The number of aliphatic hydroxyl groups is 1. The van der Waals surface area contributed by atoms with Gasteiger partial charge >= 0.3 is 0 Å². The van der Waals surface area contributed by atoms with Crippen molar-refractivity contribution in [1.29, 1.82) is 0 Å². The number of carbonyl (C=O) groups is 1. The zero-order chi connectivity index (χ0) is 13.2. The summed E-state index contributed by atoms with van der Waals surface area (Å²) in [6.45, 7) is 0.946. The molecular formula is C15H20N2O2. The number of aliphatic hydroxyl groups excluding tert-OH is 1. The van der Waals surface area contributed by atoms with Crippen molar-refractivity contribution in [3.8, 4) is 0 Å². The lowest BCUT2D eigenvalue weighted by Crippen LogP contribution is -2.45. The van der Waals surface area contributed by atoms with Crippen molar-refractivity contribution >= 4 is 11.6 Å². The van der Waals surface area contributed by atoms with Crippen LogP contribution >= 0.6 is 0 Å². The van der Waals surface area contributed by atoms with E-state index in [0.29, 0.717) is 5.56 Å². The Labute approximate surface area is 113 Å². The molecule has 0 aromatic heterocycles. The zero-order valence-electron chi connectivity index (χ0n) is 11.0. The number of amides is 1. The van der Waals surface area contributed by atoms with Gasteiger partial charge in [-0.3, -0.25) is 4.79 Å². The van der Waals surface area contributed by atoms with E-state index in [-0.39, 0.29) is 11.9 Å². The summed E-state index contributed by atoms with van der Waals surface area (Å²) in [6, 6.07) is 5.68. The minimum Gasteiger partial charge on any atom is -0.391 e. The molecule has 19 heavy (non-hydrogen) atoms. The lowest BCUT2D eigenvalue weighted by atomic mass is 9.92. The molecule has 4 nitrogen and oxygen atoms in total. The fourth-order valence-electron chi connectivity index (χ4n) is 2.98. The van der Waals surface area contributed by atoms with Gasteiger partial charge in [-0.2, -0.15) is 0 Å². The van der Waals surface area contributed by atoms with E-state index in [2.05, 4.69) is 10.6 Å². The molecule has 3 rings (SSSR count). The minimum atomic E-state index is -0.395. The summed E-state index contributed by atoms with van der Waals surface area (Å²) in [4.78, 5) is 12.2. The molecule has 0 saturated heterocycles. The number of fused-ring (bicyclic) bond motifs is 1. The summed E-state index contributed by atoms with van der Waals surface area (Å²) in [7, 11) is 0. The minimum absolute atomic E-state index is 0.0688. The van der Waals surface area contributed by atoms with Gasteiger partial charge in [0.05, 0.1) is 12.1 Å². The molecule has 1 amide bonds. The van der Waals surface area contributed by atoms with Crippen molar-refractivity contribution in [2.75, 3.05) is 11.9 Å². The number of anilines is 1. The van der Waals surface area contributed by atoms with Gasteiger partial charge in [0.2, 0.25) is 0 Å². The predicted octanol–water partition coefficient (Wildman–Crippen LogP) is 1.69. The maximum absolute atomic E-state index is 12.2. The summed E-state index contributed by atoms with van der Waals surface area (Å²) in [5, 5.41) is 16.1. The van der Waals surface area contributed by atoms with Crippen LogP contribution in [-0.2, 0) is 6.42 Å². The standard InChI is InChI=1S/C15H20N2O2/c18-14-4-2-1-3-13(14)17-15(19)11-5-6-12-10(9-11)7-8-16-12/h5-6,9,13-14,16,18H,1-4,7-8H2,(H,17,19). The van der Waals surface area contributed by atoms with Crippen LogP contribution in [0.15, 0.2) is 18.2 Å². The molecule has 2 unspecified atom stereocenters. The van der Waals surface area contributed by atoms with Crippen LogP contribution in [0.1, 0.15) is 41.6 Å². The number of rotatable bonds is 2. The maximum atomic E-state index is 12.2. The highest BCUT2D eigenvalue weighted by Crippen LogP contribution is 2.23. The van der Waals surface area contributed by atoms with E-state index in [4.69, 9.17) is 0 Å². The van der Waals surface area contributed by atoms with Crippen LogP contribution in [0, 0.1) is 0 Å². The fourth-order valence-corrected chi connectivity index (χ4v) is 2.98. The molecule has 1 aliphatic carbocycles. The number of benzene rings is 1. The molecule has 1 fully saturated rings. The third kappa shape index (κ3) is 2.59. The Morgan fingerprint density at radius 2 is 2.16 bits per heavy atom.